The number of rotatable bonds is 10. The van der Waals surface area contributed by atoms with Crippen LogP contribution in [0.4, 0.5) is 0 Å². The van der Waals surface area contributed by atoms with Gasteiger partial charge in [0.1, 0.15) is 5.84 Å². The Morgan fingerprint density at radius 1 is 1.05 bits per heavy atom. The fourth-order valence-electron chi connectivity index (χ4n) is 4.13. The van der Waals surface area contributed by atoms with Crippen LogP contribution in [0.1, 0.15) is 81.5 Å². The number of aryl methyl sites for hydroxylation is 2. The highest BCUT2D eigenvalue weighted by atomic mass is 32.2. The third-order valence-corrected chi connectivity index (χ3v) is 7.55. The van der Waals surface area contributed by atoms with Gasteiger partial charge in [-0.1, -0.05) is 86.8 Å². The molecule has 2 aliphatic rings. The van der Waals surface area contributed by atoms with Gasteiger partial charge in [-0.2, -0.15) is 0 Å². The van der Waals surface area contributed by atoms with Crippen molar-refractivity contribution in [2.45, 2.75) is 79.2 Å². The summed E-state index contributed by atoms with van der Waals surface area (Å²) in [6, 6.07) is 17.7. The van der Waals surface area contributed by atoms with Gasteiger partial charge in [0.15, 0.2) is 0 Å². The maximum atomic E-state index is 5.70. The number of amidine groups is 1. The first-order valence-electron chi connectivity index (χ1n) is 14.9. The second kappa shape index (κ2) is 21.2. The average Bonchev–Trinajstić information content (AvgIpc) is 3.74. The first-order valence-corrected chi connectivity index (χ1v) is 16.1. The van der Waals surface area contributed by atoms with E-state index < -0.39 is 0 Å². The van der Waals surface area contributed by atoms with Gasteiger partial charge in [-0.05, 0) is 81.4 Å². The van der Waals surface area contributed by atoms with Gasteiger partial charge in [0.05, 0.1) is 12.4 Å². The predicted octanol–water partition coefficient (Wildman–Crippen LogP) is 7.89. The number of aliphatic imine (C=N–C) groups is 1. The average molecular weight is 566 g/mol. The lowest BCUT2D eigenvalue weighted by Crippen LogP contribution is -2.27. The third kappa shape index (κ3) is 13.7. The Balaban J connectivity index is 0.000000470. The standard InChI is InChI=1S/C20H33N5S.C10H12.C2H6.C2H4/c1-4-18-7-9-19(10-8-18)14-22-15-20(6-5-11-21)23-17(2)24-12-13-25(16-24)26-3;1-8-2-4-9(5-3-8)10-6-7-10;2*1-2/h7-10,15,22H,4-6,11-14,16,21H2,1-3H3;2-5,10H,6-7H2,1H3;1-2H3;1-2H2/b20-15-,23-17?;;;. The fraction of sp³-hybridized carbons (Fsp3) is 0.500. The van der Waals surface area contributed by atoms with Crippen LogP contribution < -0.4 is 11.1 Å². The molecule has 6 heteroatoms. The Hall–Kier alpha value is -2.54. The molecule has 2 fully saturated rings. The summed E-state index contributed by atoms with van der Waals surface area (Å²) in [5, 5.41) is 3.42. The highest BCUT2D eigenvalue weighted by Crippen LogP contribution is 2.39. The molecule has 0 aromatic heterocycles. The molecule has 3 N–H and O–H groups in total. The smallest absolute Gasteiger partial charge is 0.102 e. The molecular weight excluding hydrogens is 510 g/mol. The van der Waals surface area contributed by atoms with E-state index in [0.717, 1.165) is 63.0 Å². The second-order valence-electron chi connectivity index (χ2n) is 9.72. The number of hydrogen-bond donors (Lipinski definition) is 2. The molecule has 0 radical (unpaired) electrons. The van der Waals surface area contributed by atoms with Crippen molar-refractivity contribution < 1.29 is 0 Å². The quantitative estimate of drug-likeness (QED) is 0.133. The van der Waals surface area contributed by atoms with E-state index in [2.05, 4.69) is 109 Å². The lowest BCUT2D eigenvalue weighted by molar-refractivity contribution is 0.451. The molecule has 40 heavy (non-hydrogen) atoms. The molecule has 5 nitrogen and oxygen atoms in total. The predicted molar refractivity (Wildman–Crippen MR) is 180 cm³/mol. The topological polar surface area (TPSA) is 56.9 Å². The Morgan fingerprint density at radius 3 is 2.20 bits per heavy atom. The van der Waals surface area contributed by atoms with Crippen LogP contribution in [0.25, 0.3) is 0 Å². The zero-order chi connectivity index (χ0) is 29.8. The van der Waals surface area contributed by atoms with Crippen molar-refractivity contribution in [2.24, 2.45) is 10.7 Å². The number of nitrogens with one attached hydrogen (secondary N) is 1. The van der Waals surface area contributed by atoms with E-state index in [9.17, 15) is 0 Å². The Kier molecular flexibility index (Phi) is 18.8. The maximum absolute atomic E-state index is 5.70. The Bertz CT molecular complexity index is 980. The van der Waals surface area contributed by atoms with Crippen LogP contribution in [0.2, 0.25) is 0 Å². The molecule has 1 saturated carbocycles. The molecule has 0 spiro atoms. The first kappa shape index (κ1) is 35.5. The summed E-state index contributed by atoms with van der Waals surface area (Å²) < 4.78 is 2.35. The van der Waals surface area contributed by atoms with Crippen LogP contribution in [0, 0.1) is 6.92 Å². The van der Waals surface area contributed by atoms with E-state index in [-0.39, 0.29) is 0 Å². The Morgan fingerprint density at radius 2 is 1.68 bits per heavy atom. The van der Waals surface area contributed by atoms with Gasteiger partial charge in [0.2, 0.25) is 0 Å². The van der Waals surface area contributed by atoms with Crippen LogP contribution in [-0.2, 0) is 13.0 Å². The van der Waals surface area contributed by atoms with Crippen molar-refractivity contribution in [3.05, 3.63) is 95.8 Å². The molecule has 1 aliphatic heterocycles. The van der Waals surface area contributed by atoms with E-state index in [1.807, 2.05) is 13.8 Å². The SMILES string of the molecule is C=C.CC.CCc1ccc(CN/C=C(/CCCN)N=C(C)N2CCN(SC)C2)cc1.Cc1ccc(C2CC2)cc1. The van der Waals surface area contributed by atoms with Crippen molar-refractivity contribution in [1.82, 2.24) is 14.5 Å². The highest BCUT2D eigenvalue weighted by molar-refractivity contribution is 7.96. The number of nitrogens with two attached hydrogens (primary N) is 1. The van der Waals surface area contributed by atoms with Crippen LogP contribution in [0.3, 0.4) is 0 Å². The molecule has 0 bridgehead atoms. The molecule has 2 aromatic carbocycles. The lowest BCUT2D eigenvalue weighted by atomic mass is 10.1. The van der Waals surface area contributed by atoms with E-state index in [4.69, 9.17) is 10.7 Å². The van der Waals surface area contributed by atoms with Crippen molar-refractivity contribution in [2.75, 3.05) is 32.6 Å². The Labute approximate surface area is 250 Å². The zero-order valence-corrected chi connectivity index (χ0v) is 26.9. The largest absolute Gasteiger partial charge is 0.385 e. The van der Waals surface area contributed by atoms with Crippen molar-refractivity contribution in [3.63, 3.8) is 0 Å². The minimum Gasteiger partial charge on any atom is -0.385 e. The zero-order valence-electron chi connectivity index (χ0n) is 26.1. The number of nitrogens with zero attached hydrogens (tertiary/aromatic N) is 3. The summed E-state index contributed by atoms with van der Waals surface area (Å²) in [4.78, 5) is 7.20. The normalized spacial score (nSPS) is 15.2. The van der Waals surface area contributed by atoms with E-state index in [0.29, 0.717) is 6.54 Å². The fourth-order valence-corrected chi connectivity index (χ4v) is 4.65. The summed E-state index contributed by atoms with van der Waals surface area (Å²) in [5.74, 6) is 1.99. The summed E-state index contributed by atoms with van der Waals surface area (Å²) in [5.41, 5.74) is 12.3. The highest BCUT2D eigenvalue weighted by Gasteiger charge is 2.22. The molecule has 4 rings (SSSR count). The van der Waals surface area contributed by atoms with E-state index in [1.54, 1.807) is 11.9 Å². The lowest BCUT2D eigenvalue weighted by Gasteiger charge is -2.18. The first-order chi connectivity index (χ1) is 19.5. The van der Waals surface area contributed by atoms with Gasteiger partial charge in [-0.15, -0.1) is 13.2 Å². The molecule has 1 aliphatic carbocycles. The minimum atomic E-state index is 0.689. The molecule has 0 unspecified atom stereocenters. The molecule has 222 valence electrons. The van der Waals surface area contributed by atoms with Gasteiger partial charge in [-0.3, -0.25) is 0 Å². The molecule has 0 atom stereocenters. The summed E-state index contributed by atoms with van der Waals surface area (Å²) in [7, 11) is 0. The minimum absolute atomic E-state index is 0.689. The van der Waals surface area contributed by atoms with Crippen molar-refractivity contribution >= 4 is 17.8 Å². The third-order valence-electron chi connectivity index (χ3n) is 6.74. The number of hydrogen-bond acceptors (Lipinski definition) is 5. The van der Waals surface area contributed by atoms with E-state index in [1.165, 1.54) is 35.1 Å². The summed E-state index contributed by atoms with van der Waals surface area (Å²) >= 11 is 1.79. The van der Waals surface area contributed by atoms with Crippen molar-refractivity contribution in [3.8, 4) is 0 Å². The summed E-state index contributed by atoms with van der Waals surface area (Å²) in [6.45, 7) is 21.0. The van der Waals surface area contributed by atoms with Crippen molar-refractivity contribution in [1.29, 1.82) is 0 Å². The van der Waals surface area contributed by atoms with Gasteiger partial charge in [-0.25, -0.2) is 9.30 Å². The number of benzene rings is 2. The van der Waals surface area contributed by atoms with Gasteiger partial charge in [0, 0.05) is 25.8 Å². The monoisotopic (exact) mass is 565 g/mol. The molecular formula is C34H55N5S. The van der Waals surface area contributed by atoms with Gasteiger partial charge in [0.25, 0.3) is 0 Å². The van der Waals surface area contributed by atoms with Crippen LogP contribution in [0.15, 0.2) is 78.6 Å². The molecule has 2 aromatic rings. The molecule has 1 saturated heterocycles. The molecule has 0 amide bonds. The van der Waals surface area contributed by atoms with Crippen LogP contribution in [0.5, 0.6) is 0 Å². The maximum Gasteiger partial charge on any atom is 0.102 e. The summed E-state index contributed by atoms with van der Waals surface area (Å²) in [6.07, 6.45) is 9.92. The second-order valence-corrected chi connectivity index (χ2v) is 10.6. The van der Waals surface area contributed by atoms with E-state index >= 15 is 0 Å². The van der Waals surface area contributed by atoms with Gasteiger partial charge >= 0.3 is 0 Å². The van der Waals surface area contributed by atoms with Crippen LogP contribution in [-0.4, -0.2) is 47.6 Å². The molecule has 1 heterocycles. The van der Waals surface area contributed by atoms with Gasteiger partial charge < -0.3 is 16.0 Å². The number of allylic oxidation sites excluding steroid dienone is 1. The van der Waals surface area contributed by atoms with Crippen LogP contribution >= 0.6 is 11.9 Å².